The van der Waals surface area contributed by atoms with Crippen LogP contribution in [-0.4, -0.2) is 55.3 Å². The van der Waals surface area contributed by atoms with Crippen molar-refractivity contribution in [2.24, 2.45) is 7.05 Å². The maximum Gasteiger partial charge on any atom is 0.163 e. The molecule has 8 nitrogen and oxygen atoms in total. The highest BCUT2D eigenvalue weighted by Crippen LogP contribution is 2.31. The maximum atomic E-state index is 5.62. The number of fused-ring (bicyclic) bond motifs is 1. The smallest absolute Gasteiger partial charge is 0.163 e. The number of anilines is 1. The van der Waals surface area contributed by atoms with Crippen molar-refractivity contribution in [3.05, 3.63) is 42.6 Å². The molecule has 0 aromatic carbocycles. The first kappa shape index (κ1) is 17.8. The number of aryl methyl sites for hydroxylation is 2. The van der Waals surface area contributed by atoms with E-state index in [0.717, 1.165) is 46.0 Å². The summed E-state index contributed by atoms with van der Waals surface area (Å²) in [7, 11) is 1.99. The first-order chi connectivity index (χ1) is 14.1. The zero-order valence-electron chi connectivity index (χ0n) is 16.8. The summed E-state index contributed by atoms with van der Waals surface area (Å²) in [4.78, 5) is 24.2. The molecule has 5 rings (SSSR count). The highest BCUT2D eigenvalue weighted by atomic mass is 16.5. The summed E-state index contributed by atoms with van der Waals surface area (Å²) in [6.45, 7) is 6.35. The van der Waals surface area contributed by atoms with Crippen molar-refractivity contribution in [3.8, 4) is 22.8 Å². The summed E-state index contributed by atoms with van der Waals surface area (Å²) in [5.41, 5.74) is 4.59. The number of imidazole rings is 1. The van der Waals surface area contributed by atoms with Gasteiger partial charge < -0.3 is 19.2 Å². The fourth-order valence-electron chi connectivity index (χ4n) is 3.96. The highest BCUT2D eigenvalue weighted by molar-refractivity contribution is 5.91. The molecule has 0 spiro atoms. The Balaban J connectivity index is 1.73. The molecule has 0 aliphatic carbocycles. The third-order valence-corrected chi connectivity index (χ3v) is 5.44. The van der Waals surface area contributed by atoms with Gasteiger partial charge in [-0.2, -0.15) is 0 Å². The first-order valence-corrected chi connectivity index (χ1v) is 9.76. The van der Waals surface area contributed by atoms with Crippen LogP contribution < -0.4 is 4.90 Å². The van der Waals surface area contributed by atoms with Crippen molar-refractivity contribution in [2.45, 2.75) is 19.9 Å². The number of H-pyrrole nitrogens is 1. The number of nitrogens with zero attached hydrogens (tertiary/aromatic N) is 6. The van der Waals surface area contributed by atoms with Crippen molar-refractivity contribution in [2.75, 3.05) is 24.7 Å². The van der Waals surface area contributed by atoms with E-state index in [0.29, 0.717) is 19.0 Å². The Morgan fingerprint density at radius 2 is 2.10 bits per heavy atom. The van der Waals surface area contributed by atoms with Gasteiger partial charge >= 0.3 is 0 Å². The fourth-order valence-corrected chi connectivity index (χ4v) is 3.96. The first-order valence-electron chi connectivity index (χ1n) is 9.76. The third-order valence-electron chi connectivity index (χ3n) is 5.44. The lowest BCUT2D eigenvalue weighted by Crippen LogP contribution is -2.44. The number of aromatic amines is 1. The van der Waals surface area contributed by atoms with E-state index in [2.05, 4.69) is 32.8 Å². The van der Waals surface area contributed by atoms with E-state index in [1.54, 1.807) is 6.20 Å². The number of pyridine rings is 1. The van der Waals surface area contributed by atoms with Crippen molar-refractivity contribution >= 4 is 16.9 Å². The highest BCUT2D eigenvalue weighted by Gasteiger charge is 2.23. The lowest BCUT2D eigenvalue weighted by molar-refractivity contribution is 0.0985. The minimum Gasteiger partial charge on any atom is -0.377 e. The Morgan fingerprint density at radius 1 is 1.21 bits per heavy atom. The van der Waals surface area contributed by atoms with Gasteiger partial charge in [-0.15, -0.1) is 0 Å². The topological polar surface area (TPSA) is 84.8 Å². The molecule has 0 saturated carbocycles. The molecule has 0 radical (unpaired) electrons. The van der Waals surface area contributed by atoms with Crippen molar-refractivity contribution in [1.82, 2.24) is 29.5 Å². The Kier molecular flexibility index (Phi) is 4.28. The molecule has 148 valence electrons. The van der Waals surface area contributed by atoms with E-state index >= 15 is 0 Å². The van der Waals surface area contributed by atoms with Gasteiger partial charge in [-0.3, -0.25) is 0 Å². The van der Waals surface area contributed by atoms with Crippen molar-refractivity contribution < 1.29 is 4.74 Å². The summed E-state index contributed by atoms with van der Waals surface area (Å²) in [5, 5.41) is 1.01. The minimum absolute atomic E-state index is 0.247. The van der Waals surface area contributed by atoms with Crippen molar-refractivity contribution in [1.29, 1.82) is 0 Å². The van der Waals surface area contributed by atoms with Gasteiger partial charge in [0.25, 0.3) is 0 Å². The molecule has 0 bridgehead atoms. The maximum absolute atomic E-state index is 5.62. The van der Waals surface area contributed by atoms with Gasteiger partial charge in [0.1, 0.15) is 11.5 Å². The molecule has 4 aromatic heterocycles. The predicted molar refractivity (Wildman–Crippen MR) is 112 cm³/mol. The summed E-state index contributed by atoms with van der Waals surface area (Å²) < 4.78 is 7.63. The number of hydrogen-bond acceptors (Lipinski definition) is 6. The van der Waals surface area contributed by atoms with E-state index in [1.807, 2.05) is 43.2 Å². The number of nitrogens with one attached hydrogen (secondary N) is 1. The monoisotopic (exact) mass is 389 g/mol. The van der Waals surface area contributed by atoms with Crippen molar-refractivity contribution in [3.63, 3.8) is 0 Å². The molecule has 1 saturated heterocycles. The second kappa shape index (κ2) is 6.97. The van der Waals surface area contributed by atoms with Gasteiger partial charge in [0, 0.05) is 43.0 Å². The van der Waals surface area contributed by atoms with Gasteiger partial charge in [0.15, 0.2) is 5.82 Å². The molecule has 1 N–H and O–H groups in total. The average Bonchev–Trinajstić information content (AvgIpc) is 3.34. The van der Waals surface area contributed by atoms with Crippen LogP contribution in [0, 0.1) is 6.92 Å². The number of morpholine rings is 1. The zero-order chi connectivity index (χ0) is 20.0. The van der Waals surface area contributed by atoms with Gasteiger partial charge in [0.2, 0.25) is 0 Å². The molecule has 4 aromatic rings. The van der Waals surface area contributed by atoms with E-state index in [9.17, 15) is 0 Å². The van der Waals surface area contributed by atoms with Crippen LogP contribution in [0.5, 0.6) is 0 Å². The standard InChI is InChI=1S/C21H23N7O/c1-13-11-29-9-8-28(13)18-10-17(19-14(2)24-12-27(19)3)25-21(26-18)16-5-7-23-20-15(16)4-6-22-20/h4-7,10,12-13H,8-9,11H2,1-3H3,(H,22,23)/t13-/m1/s1. The third kappa shape index (κ3) is 3.05. The van der Waals surface area contributed by atoms with Crippen LogP contribution in [-0.2, 0) is 11.8 Å². The molecule has 5 heterocycles. The lowest BCUT2D eigenvalue weighted by Gasteiger charge is -2.34. The Bertz CT molecular complexity index is 1160. The summed E-state index contributed by atoms with van der Waals surface area (Å²) in [6.07, 6.45) is 5.50. The molecular weight excluding hydrogens is 366 g/mol. The quantitative estimate of drug-likeness (QED) is 0.580. The van der Waals surface area contributed by atoms with Crippen LogP contribution in [0.4, 0.5) is 5.82 Å². The summed E-state index contributed by atoms with van der Waals surface area (Å²) >= 11 is 0. The van der Waals surface area contributed by atoms with E-state index < -0.39 is 0 Å². The van der Waals surface area contributed by atoms with Crippen LogP contribution in [0.25, 0.3) is 33.8 Å². The molecule has 1 aliphatic rings. The molecule has 0 amide bonds. The van der Waals surface area contributed by atoms with E-state index in [-0.39, 0.29) is 6.04 Å². The van der Waals surface area contributed by atoms with Gasteiger partial charge in [-0.1, -0.05) is 0 Å². The second-order valence-corrected chi connectivity index (χ2v) is 7.44. The van der Waals surface area contributed by atoms with E-state index in [4.69, 9.17) is 14.7 Å². The van der Waals surface area contributed by atoms with Crippen LogP contribution in [0.3, 0.4) is 0 Å². The van der Waals surface area contributed by atoms with Gasteiger partial charge in [-0.25, -0.2) is 19.9 Å². The second-order valence-electron chi connectivity index (χ2n) is 7.44. The largest absolute Gasteiger partial charge is 0.377 e. The molecule has 1 fully saturated rings. The summed E-state index contributed by atoms with van der Waals surface area (Å²) in [5.74, 6) is 1.59. The van der Waals surface area contributed by atoms with Crippen LogP contribution >= 0.6 is 0 Å². The number of rotatable bonds is 3. The zero-order valence-corrected chi connectivity index (χ0v) is 16.8. The van der Waals surface area contributed by atoms with Crippen LogP contribution in [0.2, 0.25) is 0 Å². The Morgan fingerprint density at radius 3 is 2.90 bits per heavy atom. The molecule has 0 unspecified atom stereocenters. The Labute approximate surface area is 168 Å². The molecule has 8 heteroatoms. The summed E-state index contributed by atoms with van der Waals surface area (Å²) in [6, 6.07) is 6.29. The van der Waals surface area contributed by atoms with Gasteiger partial charge in [0.05, 0.1) is 42.7 Å². The lowest BCUT2D eigenvalue weighted by atomic mass is 10.1. The average molecular weight is 389 g/mol. The van der Waals surface area contributed by atoms with Crippen LogP contribution in [0.1, 0.15) is 12.6 Å². The molecule has 1 atom stereocenters. The SMILES string of the molecule is Cc1ncn(C)c1-c1cc(N2CCOC[C@H]2C)nc(-c2ccnc3[nH]ccc23)n1. The molecule has 1 aliphatic heterocycles. The number of hydrogen-bond donors (Lipinski definition) is 1. The minimum atomic E-state index is 0.247. The molecular formula is C21H23N7O. The molecule has 29 heavy (non-hydrogen) atoms. The Hall–Kier alpha value is -3.26. The number of aromatic nitrogens is 6. The van der Waals surface area contributed by atoms with Crippen LogP contribution in [0.15, 0.2) is 36.9 Å². The van der Waals surface area contributed by atoms with E-state index in [1.165, 1.54) is 0 Å². The van der Waals surface area contributed by atoms with Gasteiger partial charge in [-0.05, 0) is 26.0 Å². The normalized spacial score (nSPS) is 17.2. The predicted octanol–water partition coefficient (Wildman–Crippen LogP) is 2.95. The number of ether oxygens (including phenoxy) is 1. The fraction of sp³-hybridized carbons (Fsp3) is 0.333.